The van der Waals surface area contributed by atoms with Crippen molar-refractivity contribution in [3.63, 3.8) is 0 Å². The number of aliphatic hydroxyl groups excluding tert-OH is 1. The fourth-order valence-corrected chi connectivity index (χ4v) is 2.60. The highest BCUT2D eigenvalue weighted by atomic mass is 16.5. The van der Waals surface area contributed by atoms with Gasteiger partial charge in [-0.05, 0) is 25.5 Å². The number of aliphatic hydroxyl groups is 1. The number of nitrogens with zero attached hydrogens (tertiary/aromatic N) is 1. The number of hydrogen-bond donors (Lipinski definition) is 2. The SMILES string of the molecule is COc1ccccc1N1CC(C)NC(CCO)C1. The maximum Gasteiger partial charge on any atom is 0.142 e. The van der Waals surface area contributed by atoms with Crippen LogP contribution in [0, 0.1) is 0 Å². The highest BCUT2D eigenvalue weighted by Crippen LogP contribution is 2.29. The Bertz CT molecular complexity index is 384. The number of anilines is 1. The van der Waals surface area contributed by atoms with Gasteiger partial charge in [0.15, 0.2) is 0 Å². The summed E-state index contributed by atoms with van der Waals surface area (Å²) in [6.07, 6.45) is 0.788. The second-order valence-electron chi connectivity index (χ2n) is 4.85. The fourth-order valence-electron chi connectivity index (χ4n) is 2.60. The third kappa shape index (κ3) is 2.94. The van der Waals surface area contributed by atoms with Crippen molar-refractivity contribution in [2.75, 3.05) is 31.7 Å². The van der Waals surface area contributed by atoms with Crippen molar-refractivity contribution in [1.29, 1.82) is 0 Å². The fraction of sp³-hybridized carbons (Fsp3) is 0.571. The molecule has 1 aromatic rings. The molecule has 4 heteroatoms. The zero-order valence-electron chi connectivity index (χ0n) is 11.1. The van der Waals surface area contributed by atoms with Crippen molar-refractivity contribution in [3.05, 3.63) is 24.3 Å². The summed E-state index contributed by atoms with van der Waals surface area (Å²) in [6, 6.07) is 8.85. The van der Waals surface area contributed by atoms with E-state index < -0.39 is 0 Å². The summed E-state index contributed by atoms with van der Waals surface area (Å²) in [6.45, 7) is 4.27. The lowest BCUT2D eigenvalue weighted by Crippen LogP contribution is -2.55. The van der Waals surface area contributed by atoms with Crippen LogP contribution in [0.3, 0.4) is 0 Å². The molecule has 2 rings (SSSR count). The number of ether oxygens (including phenoxy) is 1. The minimum atomic E-state index is 0.226. The van der Waals surface area contributed by atoms with E-state index in [1.54, 1.807) is 7.11 Å². The smallest absolute Gasteiger partial charge is 0.142 e. The Kier molecular flexibility index (Phi) is 4.44. The third-order valence-electron chi connectivity index (χ3n) is 3.36. The molecule has 1 aliphatic rings. The van der Waals surface area contributed by atoms with Crippen LogP contribution in [0.15, 0.2) is 24.3 Å². The summed E-state index contributed by atoms with van der Waals surface area (Å²) in [4.78, 5) is 2.33. The Morgan fingerprint density at radius 3 is 2.89 bits per heavy atom. The Morgan fingerprint density at radius 2 is 2.17 bits per heavy atom. The van der Waals surface area contributed by atoms with Crippen LogP contribution < -0.4 is 15.0 Å². The molecule has 0 amide bonds. The number of nitrogens with one attached hydrogen (secondary N) is 1. The summed E-state index contributed by atoms with van der Waals surface area (Å²) in [5.41, 5.74) is 1.14. The van der Waals surface area contributed by atoms with Gasteiger partial charge < -0.3 is 20.1 Å². The van der Waals surface area contributed by atoms with E-state index >= 15 is 0 Å². The van der Waals surface area contributed by atoms with E-state index in [0.717, 1.165) is 30.9 Å². The number of rotatable bonds is 4. The molecule has 4 nitrogen and oxygen atoms in total. The van der Waals surface area contributed by atoms with Gasteiger partial charge in [0.1, 0.15) is 5.75 Å². The van der Waals surface area contributed by atoms with Crippen LogP contribution in [-0.4, -0.2) is 44.0 Å². The molecular formula is C14H22N2O2. The number of benzene rings is 1. The molecule has 1 aromatic carbocycles. The first-order chi connectivity index (χ1) is 8.74. The minimum Gasteiger partial charge on any atom is -0.495 e. The van der Waals surface area contributed by atoms with Gasteiger partial charge in [0.25, 0.3) is 0 Å². The normalized spacial score (nSPS) is 24.1. The van der Waals surface area contributed by atoms with E-state index in [-0.39, 0.29) is 6.61 Å². The van der Waals surface area contributed by atoms with Crippen molar-refractivity contribution in [2.24, 2.45) is 0 Å². The quantitative estimate of drug-likeness (QED) is 0.844. The third-order valence-corrected chi connectivity index (χ3v) is 3.36. The van der Waals surface area contributed by atoms with Gasteiger partial charge in [-0.1, -0.05) is 12.1 Å². The van der Waals surface area contributed by atoms with Crippen molar-refractivity contribution >= 4 is 5.69 Å². The van der Waals surface area contributed by atoms with Crippen molar-refractivity contribution in [1.82, 2.24) is 5.32 Å². The molecule has 2 N–H and O–H groups in total. The topological polar surface area (TPSA) is 44.7 Å². The van der Waals surface area contributed by atoms with Crippen LogP contribution in [0.1, 0.15) is 13.3 Å². The van der Waals surface area contributed by atoms with Crippen LogP contribution in [0.25, 0.3) is 0 Å². The first-order valence-electron chi connectivity index (χ1n) is 6.49. The Hall–Kier alpha value is -1.26. The van der Waals surface area contributed by atoms with Crippen molar-refractivity contribution < 1.29 is 9.84 Å². The van der Waals surface area contributed by atoms with Crippen molar-refractivity contribution in [2.45, 2.75) is 25.4 Å². The average molecular weight is 250 g/mol. The molecule has 2 unspecified atom stereocenters. The van der Waals surface area contributed by atoms with Gasteiger partial charge in [-0.15, -0.1) is 0 Å². The van der Waals surface area contributed by atoms with E-state index in [2.05, 4.69) is 23.2 Å². The van der Waals surface area contributed by atoms with Gasteiger partial charge in [0.2, 0.25) is 0 Å². The molecule has 1 aliphatic heterocycles. The van der Waals surface area contributed by atoms with Gasteiger partial charge in [-0.2, -0.15) is 0 Å². The number of para-hydroxylation sites is 2. The van der Waals surface area contributed by atoms with E-state index in [0.29, 0.717) is 12.1 Å². The van der Waals surface area contributed by atoms with Crippen LogP contribution in [0.4, 0.5) is 5.69 Å². The van der Waals surface area contributed by atoms with Crippen LogP contribution in [0.2, 0.25) is 0 Å². The molecule has 1 saturated heterocycles. The standard InChI is InChI=1S/C14H22N2O2/c1-11-9-16(10-12(15-11)7-8-17)13-5-3-4-6-14(13)18-2/h3-6,11-12,15,17H,7-10H2,1-2H3. The molecule has 1 fully saturated rings. The van der Waals surface area contributed by atoms with Crippen LogP contribution in [-0.2, 0) is 0 Å². The highest BCUT2D eigenvalue weighted by Gasteiger charge is 2.25. The molecule has 0 radical (unpaired) electrons. The molecule has 0 spiro atoms. The van der Waals surface area contributed by atoms with E-state index in [9.17, 15) is 0 Å². The summed E-state index contributed by atoms with van der Waals surface area (Å²) < 4.78 is 5.42. The van der Waals surface area contributed by atoms with Gasteiger partial charge in [-0.3, -0.25) is 0 Å². The highest BCUT2D eigenvalue weighted by molar-refractivity contribution is 5.59. The maximum atomic E-state index is 9.08. The summed E-state index contributed by atoms with van der Waals surface area (Å²) >= 11 is 0. The number of methoxy groups -OCH3 is 1. The lowest BCUT2D eigenvalue weighted by molar-refractivity contribution is 0.250. The monoisotopic (exact) mass is 250 g/mol. The summed E-state index contributed by atoms with van der Waals surface area (Å²) in [5, 5.41) is 12.6. The number of piperazine rings is 1. The zero-order valence-corrected chi connectivity index (χ0v) is 11.1. The first kappa shape index (κ1) is 13.2. The molecule has 1 heterocycles. The molecule has 0 saturated carbocycles. The molecule has 18 heavy (non-hydrogen) atoms. The Labute approximate surface area is 109 Å². The van der Waals surface area contributed by atoms with Gasteiger partial charge in [0, 0.05) is 31.8 Å². The molecule has 0 bridgehead atoms. The Balaban J connectivity index is 2.15. The molecule has 0 aromatic heterocycles. The molecular weight excluding hydrogens is 228 g/mol. The maximum absolute atomic E-state index is 9.08. The second-order valence-corrected chi connectivity index (χ2v) is 4.85. The number of hydrogen-bond acceptors (Lipinski definition) is 4. The lowest BCUT2D eigenvalue weighted by atomic mass is 10.1. The molecule has 0 aliphatic carbocycles. The van der Waals surface area contributed by atoms with E-state index in [1.165, 1.54) is 0 Å². The van der Waals surface area contributed by atoms with E-state index in [4.69, 9.17) is 9.84 Å². The van der Waals surface area contributed by atoms with Gasteiger partial charge in [0.05, 0.1) is 12.8 Å². The first-order valence-corrected chi connectivity index (χ1v) is 6.49. The lowest BCUT2D eigenvalue weighted by Gasteiger charge is -2.39. The van der Waals surface area contributed by atoms with E-state index in [1.807, 2.05) is 18.2 Å². The predicted molar refractivity (Wildman–Crippen MR) is 73.3 cm³/mol. The second kappa shape index (κ2) is 6.07. The minimum absolute atomic E-state index is 0.226. The van der Waals surface area contributed by atoms with Crippen LogP contribution >= 0.6 is 0 Å². The summed E-state index contributed by atoms with van der Waals surface area (Å²) in [5.74, 6) is 0.911. The largest absolute Gasteiger partial charge is 0.495 e. The Morgan fingerprint density at radius 1 is 1.39 bits per heavy atom. The van der Waals surface area contributed by atoms with Gasteiger partial charge >= 0.3 is 0 Å². The van der Waals surface area contributed by atoms with Crippen molar-refractivity contribution in [3.8, 4) is 5.75 Å². The van der Waals surface area contributed by atoms with Crippen LogP contribution in [0.5, 0.6) is 5.75 Å². The van der Waals surface area contributed by atoms with Gasteiger partial charge in [-0.25, -0.2) is 0 Å². The zero-order chi connectivity index (χ0) is 13.0. The summed E-state index contributed by atoms with van der Waals surface area (Å²) in [7, 11) is 1.70. The molecule has 2 atom stereocenters. The average Bonchev–Trinajstić information content (AvgIpc) is 2.38. The predicted octanol–water partition coefficient (Wildman–Crippen LogP) is 1.24. The molecule has 100 valence electrons.